The number of nitrogens with zero attached hydrogens (tertiary/aromatic N) is 2. The Balaban J connectivity index is 1.84. The Morgan fingerprint density at radius 1 is 1.16 bits per heavy atom. The number of nitro benzene ring substituents is 1. The molecule has 1 atom stereocenters. The van der Waals surface area contributed by atoms with Crippen LogP contribution in [0.25, 0.3) is 11.3 Å². The summed E-state index contributed by atoms with van der Waals surface area (Å²) in [5.41, 5.74) is 1.33. The van der Waals surface area contributed by atoms with Gasteiger partial charge in [0.2, 0.25) is 0 Å². The number of carbonyl (C=O) groups is 2. The summed E-state index contributed by atoms with van der Waals surface area (Å²) in [4.78, 5) is 43.1. The van der Waals surface area contributed by atoms with Gasteiger partial charge in [-0.2, -0.15) is 0 Å². The number of non-ortho nitro benzene ring substituents is 1. The van der Waals surface area contributed by atoms with Gasteiger partial charge in [-0.15, -0.1) is 0 Å². The Bertz CT molecular complexity index is 1090. The molecule has 31 heavy (non-hydrogen) atoms. The number of nitrogens with one attached hydrogen (secondary N) is 2. The van der Waals surface area contributed by atoms with Crippen LogP contribution in [0.5, 0.6) is 0 Å². The third-order valence-electron chi connectivity index (χ3n) is 4.63. The SMILES string of the molecule is CCOC(=O)c1cc(C(=O)NC(CC)c2ncc(-c3ccccc3)[nH]2)cc([N+](=O)[O-])c1. The van der Waals surface area contributed by atoms with Crippen LogP contribution >= 0.6 is 0 Å². The van der Waals surface area contributed by atoms with E-state index >= 15 is 0 Å². The Morgan fingerprint density at radius 3 is 2.52 bits per heavy atom. The molecule has 9 nitrogen and oxygen atoms in total. The predicted molar refractivity (Wildman–Crippen MR) is 114 cm³/mol. The zero-order valence-corrected chi connectivity index (χ0v) is 17.1. The second kappa shape index (κ2) is 9.66. The van der Waals surface area contributed by atoms with Gasteiger partial charge < -0.3 is 15.0 Å². The Morgan fingerprint density at radius 2 is 1.87 bits per heavy atom. The number of aromatic amines is 1. The van der Waals surface area contributed by atoms with Crippen LogP contribution in [0.2, 0.25) is 0 Å². The van der Waals surface area contributed by atoms with Crippen molar-refractivity contribution in [1.29, 1.82) is 0 Å². The fourth-order valence-electron chi connectivity index (χ4n) is 3.06. The lowest BCUT2D eigenvalue weighted by molar-refractivity contribution is -0.384. The second-order valence-electron chi connectivity index (χ2n) is 6.73. The molecule has 1 heterocycles. The summed E-state index contributed by atoms with van der Waals surface area (Å²) in [7, 11) is 0. The molecule has 2 N–H and O–H groups in total. The first kappa shape index (κ1) is 21.7. The standard InChI is InChI=1S/C22H22N4O5/c1-3-18(20-23-13-19(24-20)14-8-6-5-7-9-14)25-21(27)15-10-16(22(28)31-4-2)12-17(11-15)26(29)30/h5-13,18H,3-4H2,1-2H3,(H,23,24)(H,25,27). The summed E-state index contributed by atoms with van der Waals surface area (Å²) < 4.78 is 4.91. The van der Waals surface area contributed by atoms with Gasteiger partial charge in [0, 0.05) is 17.7 Å². The van der Waals surface area contributed by atoms with Crippen molar-refractivity contribution in [1.82, 2.24) is 15.3 Å². The topological polar surface area (TPSA) is 127 Å². The van der Waals surface area contributed by atoms with Crippen LogP contribution in [0.4, 0.5) is 5.69 Å². The van der Waals surface area contributed by atoms with E-state index in [0.717, 1.165) is 23.4 Å². The Kier molecular flexibility index (Phi) is 6.76. The normalized spacial score (nSPS) is 11.5. The molecule has 3 aromatic rings. The number of imidazole rings is 1. The summed E-state index contributed by atoms with van der Waals surface area (Å²) in [6, 6.07) is 12.7. The molecule has 1 unspecified atom stereocenters. The second-order valence-corrected chi connectivity index (χ2v) is 6.73. The van der Waals surface area contributed by atoms with Gasteiger partial charge in [0.05, 0.1) is 35.0 Å². The zero-order chi connectivity index (χ0) is 22.4. The van der Waals surface area contributed by atoms with Gasteiger partial charge in [0.25, 0.3) is 11.6 Å². The maximum atomic E-state index is 12.8. The number of amides is 1. The molecule has 0 radical (unpaired) electrons. The van der Waals surface area contributed by atoms with Gasteiger partial charge in [-0.3, -0.25) is 14.9 Å². The molecular weight excluding hydrogens is 400 g/mol. The van der Waals surface area contributed by atoms with Crippen LogP contribution < -0.4 is 5.32 Å². The summed E-state index contributed by atoms with van der Waals surface area (Å²) in [6.07, 6.45) is 2.22. The van der Waals surface area contributed by atoms with Crippen molar-refractivity contribution in [2.24, 2.45) is 0 Å². The van der Waals surface area contributed by atoms with Gasteiger partial charge in [-0.05, 0) is 25.0 Å². The molecule has 0 aliphatic heterocycles. The number of rotatable bonds is 8. The number of H-pyrrole nitrogens is 1. The van der Waals surface area contributed by atoms with E-state index in [2.05, 4.69) is 15.3 Å². The molecule has 0 bridgehead atoms. The lowest BCUT2D eigenvalue weighted by Crippen LogP contribution is -2.29. The highest BCUT2D eigenvalue weighted by Gasteiger charge is 2.22. The Labute approximate surface area is 178 Å². The molecule has 0 aliphatic carbocycles. The molecule has 0 aliphatic rings. The molecule has 0 spiro atoms. The predicted octanol–water partition coefficient (Wildman–Crippen LogP) is 4.04. The smallest absolute Gasteiger partial charge is 0.338 e. The number of aromatic nitrogens is 2. The highest BCUT2D eigenvalue weighted by Crippen LogP contribution is 2.22. The van der Waals surface area contributed by atoms with E-state index in [9.17, 15) is 19.7 Å². The van der Waals surface area contributed by atoms with Gasteiger partial charge in [-0.25, -0.2) is 9.78 Å². The number of esters is 1. The van der Waals surface area contributed by atoms with Crippen molar-refractivity contribution < 1.29 is 19.2 Å². The van der Waals surface area contributed by atoms with Crippen molar-refractivity contribution in [3.8, 4) is 11.3 Å². The third-order valence-corrected chi connectivity index (χ3v) is 4.63. The molecule has 0 saturated heterocycles. The van der Waals surface area contributed by atoms with Crippen molar-refractivity contribution in [3.63, 3.8) is 0 Å². The molecule has 160 valence electrons. The maximum Gasteiger partial charge on any atom is 0.338 e. The molecule has 1 aromatic heterocycles. The number of carbonyl (C=O) groups excluding carboxylic acids is 2. The van der Waals surface area contributed by atoms with E-state index in [-0.39, 0.29) is 23.4 Å². The highest BCUT2D eigenvalue weighted by molar-refractivity contribution is 5.99. The largest absolute Gasteiger partial charge is 0.462 e. The van der Waals surface area contributed by atoms with Gasteiger partial charge in [0.15, 0.2) is 0 Å². The first-order chi connectivity index (χ1) is 14.9. The summed E-state index contributed by atoms with van der Waals surface area (Å²) in [6.45, 7) is 3.62. The van der Waals surface area contributed by atoms with Crippen molar-refractivity contribution in [2.45, 2.75) is 26.3 Å². The number of nitro groups is 1. The van der Waals surface area contributed by atoms with E-state index in [4.69, 9.17) is 4.74 Å². The van der Waals surface area contributed by atoms with Gasteiger partial charge in [0.1, 0.15) is 5.82 Å². The lowest BCUT2D eigenvalue weighted by atomic mass is 10.1. The van der Waals surface area contributed by atoms with E-state index < -0.39 is 22.8 Å². The van der Waals surface area contributed by atoms with Crippen LogP contribution in [-0.4, -0.2) is 33.4 Å². The average molecular weight is 422 g/mol. The van der Waals surface area contributed by atoms with Crippen molar-refractivity contribution in [2.75, 3.05) is 6.61 Å². The molecule has 2 aromatic carbocycles. The van der Waals surface area contributed by atoms with Crippen molar-refractivity contribution >= 4 is 17.6 Å². The number of hydrogen-bond donors (Lipinski definition) is 2. The molecule has 3 rings (SSSR count). The molecular formula is C22H22N4O5. The molecule has 9 heteroatoms. The van der Waals surface area contributed by atoms with Crippen LogP contribution in [-0.2, 0) is 4.74 Å². The van der Waals surface area contributed by atoms with E-state index in [1.807, 2.05) is 37.3 Å². The van der Waals surface area contributed by atoms with Crippen LogP contribution in [0.1, 0.15) is 52.9 Å². The van der Waals surface area contributed by atoms with Crippen LogP contribution in [0.15, 0.2) is 54.7 Å². The molecule has 0 fully saturated rings. The first-order valence-corrected chi connectivity index (χ1v) is 9.80. The summed E-state index contributed by atoms with van der Waals surface area (Å²) in [5, 5.41) is 14.1. The van der Waals surface area contributed by atoms with E-state index in [1.165, 1.54) is 6.07 Å². The fraction of sp³-hybridized carbons (Fsp3) is 0.227. The maximum absolute atomic E-state index is 12.8. The number of benzene rings is 2. The fourth-order valence-corrected chi connectivity index (χ4v) is 3.06. The van der Waals surface area contributed by atoms with Crippen molar-refractivity contribution in [3.05, 3.63) is 81.8 Å². The van der Waals surface area contributed by atoms with E-state index in [1.54, 1.807) is 13.1 Å². The minimum Gasteiger partial charge on any atom is -0.462 e. The summed E-state index contributed by atoms with van der Waals surface area (Å²) >= 11 is 0. The minimum atomic E-state index is -0.731. The van der Waals surface area contributed by atoms with Crippen LogP contribution in [0, 0.1) is 10.1 Å². The van der Waals surface area contributed by atoms with Crippen LogP contribution in [0.3, 0.4) is 0 Å². The van der Waals surface area contributed by atoms with E-state index in [0.29, 0.717) is 12.2 Å². The molecule has 0 saturated carbocycles. The Hall–Kier alpha value is -4.01. The minimum absolute atomic E-state index is 0.00876. The zero-order valence-electron chi connectivity index (χ0n) is 17.1. The first-order valence-electron chi connectivity index (χ1n) is 9.80. The number of ether oxygens (including phenoxy) is 1. The quantitative estimate of drug-likeness (QED) is 0.320. The average Bonchev–Trinajstić information content (AvgIpc) is 3.27. The lowest BCUT2D eigenvalue weighted by Gasteiger charge is -2.15. The highest BCUT2D eigenvalue weighted by atomic mass is 16.6. The third kappa shape index (κ3) is 5.13. The van der Waals surface area contributed by atoms with Gasteiger partial charge >= 0.3 is 5.97 Å². The summed E-state index contributed by atoms with van der Waals surface area (Å²) in [5.74, 6) is -0.727. The van der Waals surface area contributed by atoms with Gasteiger partial charge in [-0.1, -0.05) is 37.3 Å². The number of hydrogen-bond acceptors (Lipinski definition) is 6. The molecule has 1 amide bonds. The monoisotopic (exact) mass is 422 g/mol.